The monoisotopic (exact) mass is 281 g/mol. The van der Waals surface area contributed by atoms with Crippen LogP contribution in [0.15, 0.2) is 12.3 Å². The fraction of sp³-hybridized carbons (Fsp3) is 0.812. The summed E-state index contributed by atoms with van der Waals surface area (Å²) in [7, 11) is 1.76. The van der Waals surface area contributed by atoms with Crippen LogP contribution in [0.25, 0.3) is 0 Å². The van der Waals surface area contributed by atoms with Gasteiger partial charge in [-0.1, -0.05) is 27.7 Å². The van der Waals surface area contributed by atoms with Crippen molar-refractivity contribution in [3.05, 3.63) is 18.0 Å². The van der Waals surface area contributed by atoms with E-state index in [2.05, 4.69) is 55.1 Å². The quantitative estimate of drug-likeness (QED) is 0.714. The molecule has 1 N–H and O–H groups in total. The van der Waals surface area contributed by atoms with Crippen LogP contribution >= 0.6 is 0 Å². The van der Waals surface area contributed by atoms with E-state index in [-0.39, 0.29) is 5.41 Å². The summed E-state index contributed by atoms with van der Waals surface area (Å²) in [6.45, 7) is 11.6. The Morgan fingerprint density at radius 1 is 1.35 bits per heavy atom. The Bertz CT molecular complexity index is 370. The molecule has 0 saturated heterocycles. The molecule has 0 aliphatic rings. The highest BCUT2D eigenvalue weighted by molar-refractivity contribution is 4.99. The summed E-state index contributed by atoms with van der Waals surface area (Å²) in [5.41, 5.74) is 1.38. The van der Waals surface area contributed by atoms with E-state index >= 15 is 0 Å². The summed E-state index contributed by atoms with van der Waals surface area (Å²) >= 11 is 0. The van der Waals surface area contributed by atoms with Crippen molar-refractivity contribution in [2.24, 2.45) is 5.41 Å². The lowest BCUT2D eigenvalue weighted by atomic mass is 9.90. The van der Waals surface area contributed by atoms with E-state index in [1.54, 1.807) is 7.11 Å². The van der Waals surface area contributed by atoms with Crippen molar-refractivity contribution in [2.45, 2.75) is 59.5 Å². The van der Waals surface area contributed by atoms with Gasteiger partial charge in [0.25, 0.3) is 0 Å². The topological polar surface area (TPSA) is 39.1 Å². The molecule has 0 atom stereocenters. The van der Waals surface area contributed by atoms with Crippen molar-refractivity contribution in [1.82, 2.24) is 15.1 Å². The van der Waals surface area contributed by atoms with Crippen molar-refractivity contribution >= 4 is 0 Å². The van der Waals surface area contributed by atoms with Gasteiger partial charge < -0.3 is 10.1 Å². The van der Waals surface area contributed by atoms with Crippen LogP contribution in [0.5, 0.6) is 0 Å². The zero-order valence-electron chi connectivity index (χ0n) is 13.8. The van der Waals surface area contributed by atoms with E-state index in [1.165, 1.54) is 0 Å². The summed E-state index contributed by atoms with van der Waals surface area (Å²) in [5.74, 6) is 0. The molecule has 0 amide bonds. The largest absolute Gasteiger partial charge is 0.385 e. The number of nitrogens with one attached hydrogen (secondary N) is 1. The predicted molar refractivity (Wildman–Crippen MR) is 83.8 cm³/mol. The lowest BCUT2D eigenvalue weighted by molar-refractivity contribution is 0.150. The number of hydrogen-bond acceptors (Lipinski definition) is 3. The maximum atomic E-state index is 5.15. The minimum absolute atomic E-state index is 0.258. The third-order valence-electron chi connectivity index (χ3n) is 3.87. The summed E-state index contributed by atoms with van der Waals surface area (Å²) < 4.78 is 7.26. The van der Waals surface area contributed by atoms with Crippen molar-refractivity contribution < 1.29 is 4.74 Å². The van der Waals surface area contributed by atoms with Crippen LogP contribution in [-0.2, 0) is 11.3 Å². The normalized spacial score (nSPS) is 12.3. The Balaban J connectivity index is 2.39. The van der Waals surface area contributed by atoms with Crippen LogP contribution < -0.4 is 5.32 Å². The molecule has 0 aliphatic carbocycles. The summed E-state index contributed by atoms with van der Waals surface area (Å²) in [4.78, 5) is 0. The highest BCUT2D eigenvalue weighted by Gasteiger charge is 2.17. The van der Waals surface area contributed by atoms with E-state index in [9.17, 15) is 0 Å². The highest BCUT2D eigenvalue weighted by atomic mass is 16.5. The fourth-order valence-electron chi connectivity index (χ4n) is 2.33. The maximum absolute atomic E-state index is 5.15. The molecule has 116 valence electrons. The number of ether oxygens (including phenoxy) is 1. The first-order valence-corrected chi connectivity index (χ1v) is 7.76. The maximum Gasteiger partial charge on any atom is 0.0762 e. The van der Waals surface area contributed by atoms with E-state index in [4.69, 9.17) is 4.74 Å². The van der Waals surface area contributed by atoms with Crippen LogP contribution in [0.4, 0.5) is 0 Å². The molecule has 4 nitrogen and oxygen atoms in total. The molecule has 0 spiro atoms. The molecule has 1 rings (SSSR count). The molecule has 1 aromatic heterocycles. The number of methoxy groups -OCH3 is 1. The molecule has 0 bridgehead atoms. The first kappa shape index (κ1) is 17.2. The second-order valence-electron chi connectivity index (χ2n) is 6.27. The van der Waals surface area contributed by atoms with Crippen molar-refractivity contribution in [1.29, 1.82) is 0 Å². The third-order valence-corrected chi connectivity index (χ3v) is 3.87. The Morgan fingerprint density at radius 3 is 2.65 bits per heavy atom. The number of aromatic nitrogens is 2. The Labute approximate surface area is 123 Å². The van der Waals surface area contributed by atoms with Crippen LogP contribution in [0.1, 0.15) is 58.7 Å². The molecule has 0 unspecified atom stereocenters. The van der Waals surface area contributed by atoms with E-state index in [0.717, 1.165) is 44.7 Å². The lowest BCUT2D eigenvalue weighted by Crippen LogP contribution is -2.30. The standard InChI is InChI=1S/C16H31N3O/c1-6-15(7-2)19-10-8-14(18-19)12-17-13-16(3,4)9-11-20-5/h8,10,15,17H,6-7,9,11-13H2,1-5H3. The molecular weight excluding hydrogens is 250 g/mol. The molecule has 0 radical (unpaired) electrons. The number of rotatable bonds is 10. The van der Waals surface area contributed by atoms with E-state index in [1.807, 2.05) is 0 Å². The minimum atomic E-state index is 0.258. The summed E-state index contributed by atoms with van der Waals surface area (Å²) in [6.07, 6.45) is 5.44. The van der Waals surface area contributed by atoms with Gasteiger partial charge in [0.2, 0.25) is 0 Å². The second-order valence-corrected chi connectivity index (χ2v) is 6.27. The van der Waals surface area contributed by atoms with Gasteiger partial charge in [-0.3, -0.25) is 4.68 Å². The first-order valence-electron chi connectivity index (χ1n) is 7.76. The smallest absolute Gasteiger partial charge is 0.0762 e. The van der Waals surface area contributed by atoms with Gasteiger partial charge in [-0.15, -0.1) is 0 Å². The van der Waals surface area contributed by atoms with Crippen molar-refractivity contribution in [3.8, 4) is 0 Å². The molecule has 1 aromatic rings. The van der Waals surface area contributed by atoms with Gasteiger partial charge in [0.1, 0.15) is 0 Å². The van der Waals surface area contributed by atoms with Gasteiger partial charge in [-0.2, -0.15) is 5.10 Å². The van der Waals surface area contributed by atoms with Crippen molar-refractivity contribution in [3.63, 3.8) is 0 Å². The molecule has 4 heteroatoms. The molecule has 1 heterocycles. The van der Waals surface area contributed by atoms with Gasteiger partial charge in [-0.05, 0) is 30.7 Å². The third kappa shape index (κ3) is 5.63. The lowest BCUT2D eigenvalue weighted by Gasteiger charge is -2.24. The zero-order valence-corrected chi connectivity index (χ0v) is 13.8. The highest BCUT2D eigenvalue weighted by Crippen LogP contribution is 2.19. The van der Waals surface area contributed by atoms with E-state index < -0.39 is 0 Å². The van der Waals surface area contributed by atoms with Crippen molar-refractivity contribution in [2.75, 3.05) is 20.3 Å². The molecule has 20 heavy (non-hydrogen) atoms. The Morgan fingerprint density at radius 2 is 2.05 bits per heavy atom. The molecule has 0 fully saturated rings. The van der Waals surface area contributed by atoms with Crippen LogP contribution in [0.2, 0.25) is 0 Å². The SMILES string of the molecule is CCC(CC)n1ccc(CNCC(C)(C)CCOC)n1. The Hall–Kier alpha value is -0.870. The van der Waals surface area contributed by atoms with Crippen LogP contribution in [0.3, 0.4) is 0 Å². The van der Waals surface area contributed by atoms with Crippen LogP contribution in [0, 0.1) is 5.41 Å². The van der Waals surface area contributed by atoms with Gasteiger partial charge in [0, 0.05) is 33.0 Å². The zero-order chi connectivity index (χ0) is 15.0. The van der Waals surface area contributed by atoms with Gasteiger partial charge in [0.15, 0.2) is 0 Å². The van der Waals surface area contributed by atoms with Crippen LogP contribution in [-0.4, -0.2) is 30.0 Å². The molecule has 0 aliphatic heterocycles. The minimum Gasteiger partial charge on any atom is -0.385 e. The summed E-state index contributed by atoms with van der Waals surface area (Å²) in [6, 6.07) is 2.65. The van der Waals surface area contributed by atoms with Gasteiger partial charge in [0.05, 0.1) is 11.7 Å². The average molecular weight is 281 g/mol. The predicted octanol–water partition coefficient (Wildman–Crippen LogP) is 3.40. The molecule has 0 aromatic carbocycles. The summed E-state index contributed by atoms with van der Waals surface area (Å²) in [5, 5.41) is 8.17. The fourth-order valence-corrected chi connectivity index (χ4v) is 2.33. The number of hydrogen-bond donors (Lipinski definition) is 1. The first-order chi connectivity index (χ1) is 9.52. The molecular formula is C16H31N3O. The number of nitrogens with zero attached hydrogens (tertiary/aromatic N) is 2. The van der Waals surface area contributed by atoms with E-state index in [0.29, 0.717) is 6.04 Å². The van der Waals surface area contributed by atoms with Gasteiger partial charge >= 0.3 is 0 Å². The molecule has 0 saturated carbocycles. The Kier molecular flexibility index (Phi) is 7.24. The average Bonchev–Trinajstić information content (AvgIpc) is 2.86. The van der Waals surface area contributed by atoms with Gasteiger partial charge in [-0.25, -0.2) is 0 Å². The second kappa shape index (κ2) is 8.42.